The third kappa shape index (κ3) is 4.05. The first-order valence-electron chi connectivity index (χ1n) is 8.62. The molecule has 2 aromatic rings. The second kappa shape index (κ2) is 7.47. The first-order valence-corrected chi connectivity index (χ1v) is 8.62. The van der Waals surface area contributed by atoms with E-state index in [2.05, 4.69) is 30.2 Å². The van der Waals surface area contributed by atoms with Gasteiger partial charge in [-0.15, -0.1) is 0 Å². The van der Waals surface area contributed by atoms with E-state index in [0.29, 0.717) is 19.0 Å². The molecule has 1 aliphatic heterocycles. The third-order valence-electron chi connectivity index (χ3n) is 4.51. The summed E-state index contributed by atoms with van der Waals surface area (Å²) in [5, 5.41) is 2.88. The standard InChI is InChI=1S/C20H23N3O2/c1-14(2)15-6-5-8-18(10-15)23-13-16(11-19(23)24)20(25)22-12-17-7-3-4-9-21-17/h3-10,14,16H,11-13H2,1-2H3,(H,22,25)/t16-/m1/s1. The van der Waals surface area contributed by atoms with Gasteiger partial charge in [0.25, 0.3) is 0 Å². The zero-order valence-corrected chi connectivity index (χ0v) is 14.6. The second-order valence-electron chi connectivity index (χ2n) is 6.69. The molecule has 2 heterocycles. The molecule has 130 valence electrons. The van der Waals surface area contributed by atoms with Crippen molar-refractivity contribution in [3.8, 4) is 0 Å². The fraction of sp³-hybridized carbons (Fsp3) is 0.350. The van der Waals surface area contributed by atoms with Gasteiger partial charge < -0.3 is 10.2 Å². The molecule has 0 bridgehead atoms. The highest BCUT2D eigenvalue weighted by atomic mass is 16.2. The quantitative estimate of drug-likeness (QED) is 0.912. The molecule has 1 fully saturated rings. The van der Waals surface area contributed by atoms with Crippen molar-refractivity contribution >= 4 is 17.5 Å². The van der Waals surface area contributed by atoms with Gasteiger partial charge in [-0.1, -0.05) is 32.0 Å². The maximum atomic E-state index is 12.4. The molecule has 1 saturated heterocycles. The number of carbonyl (C=O) groups is 2. The zero-order chi connectivity index (χ0) is 17.8. The summed E-state index contributed by atoms with van der Waals surface area (Å²) in [6.07, 6.45) is 1.95. The van der Waals surface area contributed by atoms with Gasteiger partial charge >= 0.3 is 0 Å². The number of rotatable bonds is 5. The fourth-order valence-corrected chi connectivity index (χ4v) is 3.01. The number of hydrogen-bond donors (Lipinski definition) is 1. The van der Waals surface area contributed by atoms with Crippen molar-refractivity contribution in [1.82, 2.24) is 10.3 Å². The minimum atomic E-state index is -0.320. The number of carbonyl (C=O) groups excluding carboxylic acids is 2. The van der Waals surface area contributed by atoms with Crippen LogP contribution in [0.2, 0.25) is 0 Å². The molecule has 1 aromatic carbocycles. The lowest BCUT2D eigenvalue weighted by atomic mass is 10.0. The normalized spacial score (nSPS) is 17.2. The number of benzene rings is 1. The fourth-order valence-electron chi connectivity index (χ4n) is 3.01. The van der Waals surface area contributed by atoms with Crippen LogP contribution in [0.25, 0.3) is 0 Å². The van der Waals surface area contributed by atoms with Crippen LogP contribution in [0.15, 0.2) is 48.7 Å². The number of pyridine rings is 1. The summed E-state index contributed by atoms with van der Waals surface area (Å²) in [7, 11) is 0. The summed E-state index contributed by atoms with van der Waals surface area (Å²) in [6, 6.07) is 13.6. The van der Waals surface area contributed by atoms with Crippen LogP contribution in [-0.4, -0.2) is 23.3 Å². The molecule has 0 radical (unpaired) electrons. The monoisotopic (exact) mass is 337 g/mol. The van der Waals surface area contributed by atoms with Crippen LogP contribution in [0.1, 0.15) is 37.4 Å². The van der Waals surface area contributed by atoms with Gasteiger partial charge in [0.1, 0.15) is 0 Å². The summed E-state index contributed by atoms with van der Waals surface area (Å²) in [5.41, 5.74) is 2.87. The number of anilines is 1. The highest BCUT2D eigenvalue weighted by Gasteiger charge is 2.35. The van der Waals surface area contributed by atoms with Crippen molar-refractivity contribution in [3.05, 3.63) is 59.9 Å². The molecule has 0 saturated carbocycles. The Kier molecular flexibility index (Phi) is 5.12. The molecule has 0 aliphatic carbocycles. The molecule has 25 heavy (non-hydrogen) atoms. The number of amides is 2. The Balaban J connectivity index is 1.64. The van der Waals surface area contributed by atoms with E-state index in [-0.39, 0.29) is 24.2 Å². The molecule has 5 nitrogen and oxygen atoms in total. The van der Waals surface area contributed by atoms with Crippen LogP contribution in [0, 0.1) is 5.92 Å². The summed E-state index contributed by atoms with van der Waals surface area (Å²) in [4.78, 5) is 30.7. The molecule has 0 unspecified atom stereocenters. The molecule has 1 aromatic heterocycles. The molecule has 1 atom stereocenters. The minimum absolute atomic E-state index is 0.00103. The van der Waals surface area contributed by atoms with Crippen LogP contribution < -0.4 is 10.2 Å². The number of aromatic nitrogens is 1. The Morgan fingerprint density at radius 3 is 2.84 bits per heavy atom. The van der Waals surface area contributed by atoms with Gasteiger partial charge in [0, 0.05) is 24.8 Å². The van der Waals surface area contributed by atoms with Crippen molar-refractivity contribution in [1.29, 1.82) is 0 Å². The largest absolute Gasteiger partial charge is 0.350 e. The van der Waals surface area contributed by atoms with Gasteiger partial charge in [-0.25, -0.2) is 0 Å². The molecule has 2 amide bonds. The van der Waals surface area contributed by atoms with Crippen molar-refractivity contribution in [2.75, 3.05) is 11.4 Å². The SMILES string of the molecule is CC(C)c1cccc(N2C[C@H](C(=O)NCc3ccccn3)CC2=O)c1. The maximum Gasteiger partial charge on any atom is 0.227 e. The number of hydrogen-bond acceptors (Lipinski definition) is 3. The van der Waals surface area contributed by atoms with Crippen LogP contribution >= 0.6 is 0 Å². The Hall–Kier alpha value is -2.69. The summed E-state index contributed by atoms with van der Waals surface area (Å²) < 4.78 is 0. The summed E-state index contributed by atoms with van der Waals surface area (Å²) in [6.45, 7) is 5.05. The van der Waals surface area contributed by atoms with E-state index in [4.69, 9.17) is 0 Å². The van der Waals surface area contributed by atoms with E-state index in [9.17, 15) is 9.59 Å². The van der Waals surface area contributed by atoms with Crippen molar-refractivity contribution in [2.24, 2.45) is 5.92 Å². The van der Waals surface area contributed by atoms with Crippen LogP contribution in [0.5, 0.6) is 0 Å². The van der Waals surface area contributed by atoms with E-state index in [1.54, 1.807) is 11.1 Å². The van der Waals surface area contributed by atoms with Crippen molar-refractivity contribution in [3.63, 3.8) is 0 Å². The van der Waals surface area contributed by atoms with Gasteiger partial charge in [-0.2, -0.15) is 0 Å². The molecule has 3 rings (SSSR count). The van der Waals surface area contributed by atoms with Crippen LogP contribution in [0.4, 0.5) is 5.69 Å². The molecular weight excluding hydrogens is 314 g/mol. The lowest BCUT2D eigenvalue weighted by Gasteiger charge is -2.18. The van der Waals surface area contributed by atoms with E-state index >= 15 is 0 Å². The summed E-state index contributed by atoms with van der Waals surface area (Å²) >= 11 is 0. The first-order chi connectivity index (χ1) is 12.0. The average molecular weight is 337 g/mol. The minimum Gasteiger partial charge on any atom is -0.350 e. The molecule has 5 heteroatoms. The Labute approximate surface area is 148 Å². The predicted molar refractivity (Wildman–Crippen MR) is 97.1 cm³/mol. The predicted octanol–water partition coefficient (Wildman–Crippen LogP) is 2.87. The Morgan fingerprint density at radius 1 is 1.28 bits per heavy atom. The van der Waals surface area contributed by atoms with Gasteiger partial charge in [-0.3, -0.25) is 14.6 Å². The summed E-state index contributed by atoms with van der Waals surface area (Å²) in [5.74, 6) is -0.0190. The zero-order valence-electron chi connectivity index (χ0n) is 14.6. The smallest absolute Gasteiger partial charge is 0.227 e. The third-order valence-corrected chi connectivity index (χ3v) is 4.51. The van der Waals surface area contributed by atoms with Gasteiger partial charge in [0.05, 0.1) is 18.2 Å². The average Bonchev–Trinajstić information content (AvgIpc) is 3.02. The highest BCUT2D eigenvalue weighted by Crippen LogP contribution is 2.27. The molecule has 1 N–H and O–H groups in total. The van der Waals surface area contributed by atoms with Crippen LogP contribution in [0.3, 0.4) is 0 Å². The lowest BCUT2D eigenvalue weighted by molar-refractivity contribution is -0.126. The van der Waals surface area contributed by atoms with E-state index in [1.165, 1.54) is 5.56 Å². The Morgan fingerprint density at radius 2 is 2.12 bits per heavy atom. The number of nitrogens with one attached hydrogen (secondary N) is 1. The molecule has 1 aliphatic rings. The van der Waals surface area contributed by atoms with Gasteiger partial charge in [0.2, 0.25) is 11.8 Å². The topological polar surface area (TPSA) is 62.3 Å². The molecular formula is C20H23N3O2. The van der Waals surface area contributed by atoms with Crippen molar-refractivity contribution < 1.29 is 9.59 Å². The lowest BCUT2D eigenvalue weighted by Crippen LogP contribution is -2.32. The Bertz CT molecular complexity index is 759. The highest BCUT2D eigenvalue weighted by molar-refractivity contribution is 6.00. The van der Waals surface area contributed by atoms with Crippen LogP contribution in [-0.2, 0) is 16.1 Å². The number of nitrogens with zero attached hydrogens (tertiary/aromatic N) is 2. The van der Waals surface area contributed by atoms with Gasteiger partial charge in [-0.05, 0) is 35.7 Å². The van der Waals surface area contributed by atoms with E-state index in [1.807, 2.05) is 36.4 Å². The van der Waals surface area contributed by atoms with Crippen molar-refractivity contribution in [2.45, 2.75) is 32.7 Å². The maximum absolute atomic E-state index is 12.4. The first kappa shape index (κ1) is 17.1. The van der Waals surface area contributed by atoms with E-state index in [0.717, 1.165) is 11.4 Å². The second-order valence-corrected chi connectivity index (χ2v) is 6.69. The van der Waals surface area contributed by atoms with Gasteiger partial charge in [0.15, 0.2) is 0 Å². The van der Waals surface area contributed by atoms with E-state index < -0.39 is 0 Å². The molecule has 0 spiro atoms.